The molecule has 2 atom stereocenters. The number of carbonyl (C=O) groups excluding carboxylic acids is 1. The minimum atomic E-state index is -1.04. The molecule has 0 aliphatic carbocycles. The molecule has 0 saturated heterocycles. The van der Waals surface area contributed by atoms with Crippen molar-refractivity contribution >= 4 is 11.9 Å². The number of carboxylic acid groups (broad SMARTS) is 1. The van der Waals surface area contributed by atoms with Crippen molar-refractivity contribution in [3.05, 3.63) is 35.9 Å². The first kappa shape index (κ1) is 17.2. The van der Waals surface area contributed by atoms with Gasteiger partial charge in [0.15, 0.2) is 0 Å². The molecule has 1 aromatic carbocycles. The third-order valence-corrected chi connectivity index (χ3v) is 3.43. The number of benzene rings is 1. The summed E-state index contributed by atoms with van der Waals surface area (Å²) in [5, 5.41) is 11.8. The van der Waals surface area contributed by atoms with E-state index in [9.17, 15) is 14.7 Å². The molecule has 0 spiro atoms. The first-order valence-corrected chi connectivity index (χ1v) is 7.02. The van der Waals surface area contributed by atoms with Gasteiger partial charge >= 0.3 is 5.97 Å². The molecule has 0 aliphatic heterocycles. The van der Waals surface area contributed by atoms with Crippen LogP contribution in [0.4, 0.5) is 0 Å². The largest absolute Gasteiger partial charge is 0.480 e. The Morgan fingerprint density at radius 3 is 2.29 bits per heavy atom. The second-order valence-electron chi connectivity index (χ2n) is 6.32. The van der Waals surface area contributed by atoms with Crippen LogP contribution in [0.15, 0.2) is 30.3 Å². The molecule has 1 aromatic rings. The van der Waals surface area contributed by atoms with Crippen molar-refractivity contribution in [2.45, 2.75) is 45.7 Å². The Hall–Kier alpha value is -1.88. The summed E-state index contributed by atoms with van der Waals surface area (Å²) in [4.78, 5) is 23.2. The normalized spacial score (nSPS) is 14.3. The fraction of sp³-hybridized carbons (Fsp3) is 0.500. The second kappa shape index (κ2) is 7.22. The van der Waals surface area contributed by atoms with Gasteiger partial charge in [-0.15, -0.1) is 0 Å². The van der Waals surface area contributed by atoms with Gasteiger partial charge in [-0.05, 0) is 11.0 Å². The molecule has 0 aromatic heterocycles. The van der Waals surface area contributed by atoms with Gasteiger partial charge in [0, 0.05) is 18.9 Å². The molecule has 5 nitrogen and oxygen atoms in total. The van der Waals surface area contributed by atoms with Crippen molar-refractivity contribution in [1.82, 2.24) is 5.32 Å². The van der Waals surface area contributed by atoms with Crippen LogP contribution >= 0.6 is 0 Å². The van der Waals surface area contributed by atoms with E-state index in [2.05, 4.69) is 5.32 Å². The van der Waals surface area contributed by atoms with Gasteiger partial charge in [-0.1, -0.05) is 51.1 Å². The third kappa shape index (κ3) is 5.95. The average Bonchev–Trinajstić information content (AvgIpc) is 2.37. The van der Waals surface area contributed by atoms with Crippen molar-refractivity contribution in [1.29, 1.82) is 0 Å². The van der Waals surface area contributed by atoms with Crippen LogP contribution in [0.5, 0.6) is 0 Å². The van der Waals surface area contributed by atoms with Crippen LogP contribution in [0.1, 0.15) is 32.8 Å². The van der Waals surface area contributed by atoms with Crippen LogP contribution in [0.2, 0.25) is 0 Å². The minimum absolute atomic E-state index is 0.113. The standard InChI is InChI=1S/C16H24N2O3/c1-16(2,3)13(17)10-14(19)18-12(15(20)21)9-11-7-5-4-6-8-11/h4-8,12-13H,9-10,17H2,1-3H3,(H,18,19)(H,20,21)/t12-,13?/m1/s1. The molecule has 0 radical (unpaired) electrons. The van der Waals surface area contributed by atoms with Gasteiger partial charge in [0.05, 0.1) is 0 Å². The minimum Gasteiger partial charge on any atom is -0.480 e. The number of aliphatic carboxylic acids is 1. The number of rotatable bonds is 6. The summed E-state index contributed by atoms with van der Waals surface area (Å²) >= 11 is 0. The Balaban J connectivity index is 2.63. The first-order valence-electron chi connectivity index (χ1n) is 7.02. The molecule has 5 heteroatoms. The lowest BCUT2D eigenvalue weighted by molar-refractivity contribution is -0.141. The smallest absolute Gasteiger partial charge is 0.326 e. The van der Waals surface area contributed by atoms with E-state index < -0.39 is 12.0 Å². The van der Waals surface area contributed by atoms with Crippen LogP contribution in [0, 0.1) is 5.41 Å². The zero-order chi connectivity index (χ0) is 16.0. The number of nitrogens with one attached hydrogen (secondary N) is 1. The van der Waals surface area contributed by atoms with E-state index in [1.807, 2.05) is 51.1 Å². The quantitative estimate of drug-likeness (QED) is 0.742. The van der Waals surface area contributed by atoms with Gasteiger partial charge in [0.25, 0.3) is 0 Å². The number of carbonyl (C=O) groups is 2. The van der Waals surface area contributed by atoms with E-state index in [4.69, 9.17) is 5.73 Å². The van der Waals surface area contributed by atoms with Crippen LogP contribution < -0.4 is 11.1 Å². The van der Waals surface area contributed by atoms with E-state index >= 15 is 0 Å². The number of hydrogen-bond donors (Lipinski definition) is 3. The summed E-state index contributed by atoms with van der Waals surface area (Å²) in [6.45, 7) is 5.84. The Labute approximate surface area is 125 Å². The topological polar surface area (TPSA) is 92.4 Å². The summed E-state index contributed by atoms with van der Waals surface area (Å²) in [6, 6.07) is 7.96. The predicted octanol–water partition coefficient (Wildman–Crippen LogP) is 1.56. The summed E-state index contributed by atoms with van der Waals surface area (Å²) in [5.74, 6) is -1.38. The Morgan fingerprint density at radius 2 is 1.81 bits per heavy atom. The molecule has 4 N–H and O–H groups in total. The maximum atomic E-state index is 12.0. The predicted molar refractivity (Wildman–Crippen MR) is 81.8 cm³/mol. The van der Waals surface area contributed by atoms with Gasteiger partial charge in [-0.3, -0.25) is 4.79 Å². The maximum absolute atomic E-state index is 12.0. The monoisotopic (exact) mass is 292 g/mol. The molecule has 0 fully saturated rings. The number of nitrogens with two attached hydrogens (primary N) is 1. The molecule has 0 aliphatic rings. The average molecular weight is 292 g/mol. The van der Waals surface area contributed by atoms with Crippen LogP contribution in [0.3, 0.4) is 0 Å². The van der Waals surface area contributed by atoms with Crippen LogP contribution in [-0.4, -0.2) is 29.1 Å². The van der Waals surface area contributed by atoms with Crippen molar-refractivity contribution in [3.63, 3.8) is 0 Å². The van der Waals surface area contributed by atoms with Crippen molar-refractivity contribution < 1.29 is 14.7 Å². The van der Waals surface area contributed by atoms with Crippen molar-refractivity contribution in [2.75, 3.05) is 0 Å². The van der Waals surface area contributed by atoms with E-state index in [1.165, 1.54) is 0 Å². The fourth-order valence-electron chi connectivity index (χ4n) is 1.81. The number of carboxylic acids is 1. The molecule has 1 rings (SSSR count). The Kier molecular flexibility index (Phi) is 5.90. The molecular weight excluding hydrogens is 268 g/mol. The SMILES string of the molecule is CC(C)(C)C(N)CC(=O)N[C@H](Cc1ccccc1)C(=O)O. The zero-order valence-electron chi connectivity index (χ0n) is 12.8. The van der Waals surface area contributed by atoms with Gasteiger partial charge in [-0.2, -0.15) is 0 Å². The molecule has 1 unspecified atom stereocenters. The molecule has 1 amide bonds. The summed E-state index contributed by atoms with van der Waals surface area (Å²) < 4.78 is 0. The third-order valence-electron chi connectivity index (χ3n) is 3.43. The summed E-state index contributed by atoms with van der Waals surface area (Å²) in [7, 11) is 0. The summed E-state index contributed by atoms with van der Waals surface area (Å²) in [6.07, 6.45) is 0.370. The van der Waals surface area contributed by atoms with E-state index in [0.717, 1.165) is 5.56 Å². The first-order chi connectivity index (χ1) is 9.70. The van der Waals surface area contributed by atoms with E-state index in [1.54, 1.807) is 0 Å². The zero-order valence-corrected chi connectivity index (χ0v) is 12.8. The summed E-state index contributed by atoms with van der Waals surface area (Å²) in [5.41, 5.74) is 6.61. The van der Waals surface area contributed by atoms with E-state index in [0.29, 0.717) is 0 Å². The lowest BCUT2D eigenvalue weighted by atomic mass is 9.85. The van der Waals surface area contributed by atoms with E-state index in [-0.39, 0.29) is 30.2 Å². The van der Waals surface area contributed by atoms with Crippen molar-refractivity contribution in [2.24, 2.45) is 11.1 Å². The van der Waals surface area contributed by atoms with Gasteiger partial charge in [0.2, 0.25) is 5.91 Å². The highest BCUT2D eigenvalue weighted by atomic mass is 16.4. The lowest BCUT2D eigenvalue weighted by Gasteiger charge is -2.27. The molecule has 0 heterocycles. The maximum Gasteiger partial charge on any atom is 0.326 e. The van der Waals surface area contributed by atoms with Gasteiger partial charge in [-0.25, -0.2) is 4.79 Å². The lowest BCUT2D eigenvalue weighted by Crippen LogP contribution is -2.46. The molecular formula is C16H24N2O3. The van der Waals surface area contributed by atoms with Crippen LogP contribution in [-0.2, 0) is 16.0 Å². The van der Waals surface area contributed by atoms with Gasteiger partial charge in [0.1, 0.15) is 6.04 Å². The number of hydrogen-bond acceptors (Lipinski definition) is 3. The fourth-order valence-corrected chi connectivity index (χ4v) is 1.81. The Morgan fingerprint density at radius 1 is 1.24 bits per heavy atom. The second-order valence-corrected chi connectivity index (χ2v) is 6.32. The molecule has 0 bridgehead atoms. The van der Waals surface area contributed by atoms with Crippen LogP contribution in [0.25, 0.3) is 0 Å². The molecule has 116 valence electrons. The highest BCUT2D eigenvalue weighted by Crippen LogP contribution is 2.19. The Bertz CT molecular complexity index is 480. The number of amides is 1. The molecule has 21 heavy (non-hydrogen) atoms. The highest BCUT2D eigenvalue weighted by molar-refractivity contribution is 5.84. The van der Waals surface area contributed by atoms with Crippen molar-refractivity contribution in [3.8, 4) is 0 Å². The molecule has 0 saturated carbocycles. The highest BCUT2D eigenvalue weighted by Gasteiger charge is 2.26. The van der Waals surface area contributed by atoms with Gasteiger partial charge < -0.3 is 16.2 Å².